The van der Waals surface area contributed by atoms with Crippen LogP contribution in [-0.2, 0) is 11.3 Å². The molecule has 7 nitrogen and oxygen atoms in total. The van der Waals surface area contributed by atoms with Crippen LogP contribution in [0.25, 0.3) is 16.7 Å². The normalized spacial score (nSPS) is 15.6. The van der Waals surface area contributed by atoms with Crippen LogP contribution in [-0.4, -0.2) is 48.3 Å². The summed E-state index contributed by atoms with van der Waals surface area (Å²) in [6.07, 6.45) is 4.50. The number of hydrogen-bond acceptors (Lipinski definition) is 5. The first-order chi connectivity index (χ1) is 16.1. The number of carbonyl (C=O) groups is 1. The van der Waals surface area contributed by atoms with Gasteiger partial charge in [-0.1, -0.05) is 67.1 Å². The van der Waals surface area contributed by atoms with Gasteiger partial charge in [0.05, 0.1) is 22.7 Å². The zero-order valence-electron chi connectivity index (χ0n) is 18.7. The van der Waals surface area contributed by atoms with E-state index in [1.54, 1.807) is 4.57 Å². The van der Waals surface area contributed by atoms with Gasteiger partial charge >= 0.3 is 0 Å². The smallest absolute Gasteiger partial charge is 0.263 e. The molecule has 5 rings (SSSR count). The van der Waals surface area contributed by atoms with Crippen LogP contribution in [0.5, 0.6) is 0 Å². The molecule has 1 amide bonds. The van der Waals surface area contributed by atoms with Crippen molar-refractivity contribution in [2.24, 2.45) is 0 Å². The summed E-state index contributed by atoms with van der Waals surface area (Å²) >= 11 is 1.41. The van der Waals surface area contributed by atoms with Crippen molar-refractivity contribution in [3.63, 3.8) is 0 Å². The van der Waals surface area contributed by atoms with Crippen molar-refractivity contribution >= 4 is 34.3 Å². The lowest BCUT2D eigenvalue weighted by Crippen LogP contribution is -2.37. The average Bonchev–Trinajstić information content (AvgIpc) is 3.06. The molecule has 3 heterocycles. The second-order valence-corrected chi connectivity index (χ2v) is 9.82. The van der Waals surface area contributed by atoms with E-state index in [0.717, 1.165) is 37.0 Å². The van der Waals surface area contributed by atoms with E-state index in [1.165, 1.54) is 24.6 Å². The molecule has 0 bridgehead atoms. The van der Waals surface area contributed by atoms with E-state index in [1.807, 2.05) is 70.8 Å². The maximum absolute atomic E-state index is 13.3. The van der Waals surface area contributed by atoms with Crippen LogP contribution in [0.1, 0.15) is 38.2 Å². The molecule has 1 aliphatic heterocycles. The van der Waals surface area contributed by atoms with E-state index in [9.17, 15) is 9.59 Å². The fraction of sp³-hybridized carbons (Fsp3) is 0.360. The molecule has 33 heavy (non-hydrogen) atoms. The number of carbonyl (C=O) groups excluding carboxylic acids is 1. The molecule has 0 N–H and O–H groups in total. The fourth-order valence-electron chi connectivity index (χ4n) is 4.48. The van der Waals surface area contributed by atoms with Crippen molar-refractivity contribution < 1.29 is 4.79 Å². The zero-order chi connectivity index (χ0) is 22.8. The van der Waals surface area contributed by atoms with Crippen molar-refractivity contribution in [1.29, 1.82) is 0 Å². The average molecular weight is 462 g/mol. The van der Waals surface area contributed by atoms with Gasteiger partial charge in [-0.25, -0.2) is 0 Å². The van der Waals surface area contributed by atoms with E-state index in [0.29, 0.717) is 22.9 Å². The van der Waals surface area contributed by atoms with Crippen LogP contribution < -0.4 is 5.56 Å². The van der Waals surface area contributed by atoms with Gasteiger partial charge in [0.25, 0.3) is 5.56 Å². The van der Waals surface area contributed by atoms with Crippen LogP contribution in [0.4, 0.5) is 0 Å². The Morgan fingerprint density at radius 2 is 1.67 bits per heavy atom. The summed E-state index contributed by atoms with van der Waals surface area (Å²) in [5.41, 5.74) is 1.67. The first-order valence-corrected chi connectivity index (χ1v) is 12.4. The minimum absolute atomic E-state index is 0.0976. The van der Waals surface area contributed by atoms with Gasteiger partial charge in [0.15, 0.2) is 5.16 Å². The largest absolute Gasteiger partial charge is 0.342 e. The van der Waals surface area contributed by atoms with Gasteiger partial charge in [-0.2, -0.15) is 0 Å². The second-order valence-electron chi connectivity index (χ2n) is 8.51. The number of aromatic nitrogens is 4. The number of benzene rings is 2. The number of fused-ring (bicyclic) bond motifs is 3. The number of hydrogen-bond donors (Lipinski definition) is 0. The highest BCUT2D eigenvalue weighted by Crippen LogP contribution is 2.27. The molecule has 2 aromatic heterocycles. The van der Waals surface area contributed by atoms with Gasteiger partial charge in [0.1, 0.15) is 0 Å². The van der Waals surface area contributed by atoms with Crippen molar-refractivity contribution in [1.82, 2.24) is 24.1 Å². The molecule has 0 saturated carbocycles. The standard InChI is InChI=1S/C25H27N5O2S/c1-18(22(31)28-15-9-2-3-10-16-28)33-25-27-26-24-29(17-19-11-5-4-6-12-19)23(32)20-13-7-8-14-21(20)30(24)25/h4-8,11-14,18H,2-3,9-10,15-17H2,1H3. The Labute approximate surface area is 196 Å². The summed E-state index contributed by atoms with van der Waals surface area (Å²) < 4.78 is 3.58. The highest BCUT2D eigenvalue weighted by Gasteiger charge is 2.25. The summed E-state index contributed by atoms with van der Waals surface area (Å²) in [7, 11) is 0. The van der Waals surface area contributed by atoms with Crippen LogP contribution in [0.15, 0.2) is 64.5 Å². The van der Waals surface area contributed by atoms with E-state index in [2.05, 4.69) is 10.2 Å². The predicted octanol–water partition coefficient (Wildman–Crippen LogP) is 3.98. The maximum atomic E-state index is 13.3. The quantitative estimate of drug-likeness (QED) is 0.421. The summed E-state index contributed by atoms with van der Waals surface area (Å²) in [5.74, 6) is 0.625. The number of nitrogens with zero attached hydrogens (tertiary/aromatic N) is 5. The molecule has 1 saturated heterocycles. The zero-order valence-corrected chi connectivity index (χ0v) is 19.5. The van der Waals surface area contributed by atoms with Gasteiger partial charge in [0, 0.05) is 13.1 Å². The number of para-hydroxylation sites is 1. The lowest BCUT2D eigenvalue weighted by atomic mass is 10.2. The van der Waals surface area contributed by atoms with Crippen LogP contribution >= 0.6 is 11.8 Å². The molecular formula is C25H27N5O2S. The molecule has 0 aliphatic carbocycles. The molecular weight excluding hydrogens is 434 g/mol. The third-order valence-electron chi connectivity index (χ3n) is 6.21. The third-order valence-corrected chi connectivity index (χ3v) is 7.24. The lowest BCUT2D eigenvalue weighted by molar-refractivity contribution is -0.130. The van der Waals surface area contributed by atoms with Crippen molar-refractivity contribution in [3.8, 4) is 0 Å². The van der Waals surface area contributed by atoms with Gasteiger partial charge in [-0.3, -0.25) is 18.6 Å². The highest BCUT2D eigenvalue weighted by atomic mass is 32.2. The number of likely N-dealkylation sites (tertiary alicyclic amines) is 1. The first kappa shape index (κ1) is 21.7. The summed E-state index contributed by atoms with van der Waals surface area (Å²) in [6.45, 7) is 3.98. The lowest BCUT2D eigenvalue weighted by Gasteiger charge is -2.23. The SMILES string of the molecule is CC(Sc1nnc2n(Cc3ccccc3)c(=O)c3ccccc3n12)C(=O)N1CCCCCC1. The summed E-state index contributed by atoms with van der Waals surface area (Å²) in [5, 5.41) is 9.76. The number of rotatable bonds is 5. The first-order valence-electron chi connectivity index (χ1n) is 11.5. The molecule has 4 aromatic rings. The van der Waals surface area contributed by atoms with Gasteiger partial charge in [-0.15, -0.1) is 10.2 Å². The maximum Gasteiger partial charge on any atom is 0.263 e. The summed E-state index contributed by atoms with van der Waals surface area (Å²) in [4.78, 5) is 28.5. The van der Waals surface area contributed by atoms with Crippen molar-refractivity contribution in [3.05, 3.63) is 70.5 Å². The monoisotopic (exact) mass is 461 g/mol. The third kappa shape index (κ3) is 4.27. The molecule has 1 atom stereocenters. The predicted molar refractivity (Wildman–Crippen MR) is 131 cm³/mol. The van der Waals surface area contributed by atoms with Crippen molar-refractivity contribution in [2.75, 3.05) is 13.1 Å². The van der Waals surface area contributed by atoms with Crippen LogP contribution in [0, 0.1) is 0 Å². The highest BCUT2D eigenvalue weighted by molar-refractivity contribution is 8.00. The number of thioether (sulfide) groups is 1. The van der Waals surface area contributed by atoms with E-state index in [-0.39, 0.29) is 16.7 Å². The fourth-order valence-corrected chi connectivity index (χ4v) is 5.41. The molecule has 0 radical (unpaired) electrons. The Morgan fingerprint density at radius 3 is 2.42 bits per heavy atom. The molecule has 170 valence electrons. The molecule has 2 aromatic carbocycles. The second kappa shape index (κ2) is 9.39. The Morgan fingerprint density at radius 1 is 0.970 bits per heavy atom. The molecule has 1 fully saturated rings. The minimum Gasteiger partial charge on any atom is -0.342 e. The Bertz CT molecular complexity index is 1340. The molecule has 1 unspecified atom stereocenters. The molecule has 1 aliphatic rings. The van der Waals surface area contributed by atoms with E-state index >= 15 is 0 Å². The van der Waals surface area contributed by atoms with Crippen LogP contribution in [0.3, 0.4) is 0 Å². The Kier molecular flexibility index (Phi) is 6.17. The Balaban J connectivity index is 1.55. The summed E-state index contributed by atoms with van der Waals surface area (Å²) in [6, 6.07) is 17.4. The van der Waals surface area contributed by atoms with Gasteiger partial charge < -0.3 is 4.90 Å². The molecule has 0 spiro atoms. The van der Waals surface area contributed by atoms with E-state index < -0.39 is 0 Å². The van der Waals surface area contributed by atoms with Crippen LogP contribution in [0.2, 0.25) is 0 Å². The Hall–Kier alpha value is -3.13. The minimum atomic E-state index is -0.288. The van der Waals surface area contributed by atoms with E-state index in [4.69, 9.17) is 0 Å². The van der Waals surface area contributed by atoms with Gasteiger partial charge in [-0.05, 0) is 37.5 Å². The topological polar surface area (TPSA) is 72.5 Å². The number of amides is 1. The van der Waals surface area contributed by atoms with Gasteiger partial charge in [0.2, 0.25) is 11.7 Å². The van der Waals surface area contributed by atoms with Crippen molar-refractivity contribution in [2.45, 2.75) is 49.6 Å². The molecule has 8 heteroatoms.